The molecule has 0 bridgehead atoms. The van der Waals surface area contributed by atoms with Gasteiger partial charge in [-0.3, -0.25) is 0 Å². The van der Waals surface area contributed by atoms with Gasteiger partial charge in [-0.05, 0) is 24.0 Å². The molecule has 4 heteroatoms. The second-order valence-corrected chi connectivity index (χ2v) is 4.68. The van der Waals surface area contributed by atoms with Crippen molar-refractivity contribution in [3.05, 3.63) is 21.2 Å². The molecule has 14 heavy (non-hydrogen) atoms. The molecular formula is C10H14N2S2-2. The molecule has 0 fully saturated rings. The second kappa shape index (κ2) is 3.59. The van der Waals surface area contributed by atoms with E-state index in [4.69, 9.17) is 25.3 Å². The van der Waals surface area contributed by atoms with Crippen LogP contribution in [0.25, 0.3) is 0 Å². The first-order valence-corrected chi connectivity index (χ1v) is 5.66. The Morgan fingerprint density at radius 3 is 1.43 bits per heavy atom. The summed E-state index contributed by atoms with van der Waals surface area (Å²) in [4.78, 5) is 4.28. The summed E-state index contributed by atoms with van der Waals surface area (Å²) >= 11 is 10.8. The van der Waals surface area contributed by atoms with Gasteiger partial charge < -0.3 is 35.1 Å². The van der Waals surface area contributed by atoms with E-state index in [1.165, 1.54) is 11.1 Å². The van der Waals surface area contributed by atoms with Gasteiger partial charge in [0.15, 0.2) is 0 Å². The van der Waals surface area contributed by atoms with E-state index in [1.807, 2.05) is 0 Å². The van der Waals surface area contributed by atoms with Gasteiger partial charge in [0.25, 0.3) is 0 Å². The van der Waals surface area contributed by atoms with E-state index in [0.29, 0.717) is 0 Å². The fourth-order valence-electron chi connectivity index (χ4n) is 2.00. The third-order valence-electron chi connectivity index (χ3n) is 2.97. The summed E-state index contributed by atoms with van der Waals surface area (Å²) in [5.74, 6) is 0. The first-order chi connectivity index (χ1) is 6.61. The van der Waals surface area contributed by atoms with Gasteiger partial charge in [-0.2, -0.15) is 0 Å². The molecule has 0 aromatic rings. The van der Waals surface area contributed by atoms with Crippen molar-refractivity contribution in [1.29, 1.82) is 0 Å². The van der Waals surface area contributed by atoms with Crippen molar-refractivity contribution in [3.63, 3.8) is 0 Å². The number of nitrogens with zero attached hydrogens (tertiary/aromatic N) is 2. The molecule has 0 saturated heterocycles. The van der Waals surface area contributed by atoms with Crippen molar-refractivity contribution in [2.24, 2.45) is 0 Å². The maximum atomic E-state index is 5.38. The quantitative estimate of drug-likeness (QED) is 0.619. The van der Waals surface area contributed by atoms with Gasteiger partial charge in [0.05, 0.1) is 0 Å². The molecule has 0 N–H and O–H groups in total. The standard InChI is InChI=1S/C10H16N2S2/c1-11-5-3-7(9(11)13)8-4-6-12(2)10(8)14/h13-14H,3-6H2,1-2H3/p-2. The van der Waals surface area contributed by atoms with Gasteiger partial charge in [-0.1, -0.05) is 0 Å². The minimum absolute atomic E-state index is 0.998. The first-order valence-electron chi connectivity index (χ1n) is 4.84. The maximum absolute atomic E-state index is 5.38. The summed E-state index contributed by atoms with van der Waals surface area (Å²) in [6, 6.07) is 0. The number of hydrogen-bond acceptors (Lipinski definition) is 4. The molecule has 2 aliphatic heterocycles. The van der Waals surface area contributed by atoms with Gasteiger partial charge in [-0.25, -0.2) is 0 Å². The van der Waals surface area contributed by atoms with Crippen molar-refractivity contribution in [1.82, 2.24) is 9.80 Å². The fourth-order valence-corrected chi connectivity index (χ4v) is 2.63. The molecule has 0 amide bonds. The molecule has 2 rings (SSSR count). The Kier molecular flexibility index (Phi) is 2.58. The molecule has 0 radical (unpaired) electrons. The molecule has 2 heterocycles. The Morgan fingerprint density at radius 1 is 0.857 bits per heavy atom. The Bertz CT molecular complexity index is 288. The third-order valence-corrected chi connectivity index (χ3v) is 4.08. The van der Waals surface area contributed by atoms with Gasteiger partial charge in [0.2, 0.25) is 0 Å². The fraction of sp³-hybridized carbons (Fsp3) is 0.600. The summed E-state index contributed by atoms with van der Waals surface area (Å²) in [6.07, 6.45) is 2.14. The van der Waals surface area contributed by atoms with Crippen LogP contribution in [-0.4, -0.2) is 37.0 Å². The van der Waals surface area contributed by atoms with E-state index >= 15 is 0 Å². The SMILES string of the molecule is CN1CCC(C2=C([S-])N(C)CC2)=C1[S-]. The molecule has 0 aromatic heterocycles. The Morgan fingerprint density at radius 2 is 1.21 bits per heavy atom. The summed E-state index contributed by atoms with van der Waals surface area (Å²) in [7, 11) is 4.11. The summed E-state index contributed by atoms with van der Waals surface area (Å²) in [6.45, 7) is 2.09. The van der Waals surface area contributed by atoms with E-state index in [1.54, 1.807) is 0 Å². The topological polar surface area (TPSA) is 6.48 Å². The van der Waals surface area contributed by atoms with Crippen LogP contribution in [0, 0.1) is 0 Å². The second-order valence-electron chi connectivity index (χ2n) is 3.91. The van der Waals surface area contributed by atoms with E-state index in [2.05, 4.69) is 23.9 Å². The van der Waals surface area contributed by atoms with Crippen LogP contribution in [0.4, 0.5) is 0 Å². The van der Waals surface area contributed by atoms with Crippen molar-refractivity contribution in [3.8, 4) is 0 Å². The van der Waals surface area contributed by atoms with Crippen LogP contribution in [0.5, 0.6) is 0 Å². The van der Waals surface area contributed by atoms with Gasteiger partial charge in [0, 0.05) is 27.2 Å². The Hall–Kier alpha value is -0.480. The van der Waals surface area contributed by atoms with Crippen LogP contribution in [0.1, 0.15) is 12.8 Å². The lowest BCUT2D eigenvalue weighted by Gasteiger charge is -2.25. The zero-order valence-electron chi connectivity index (χ0n) is 8.54. The smallest absolute Gasteiger partial charge is 0.0194 e. The van der Waals surface area contributed by atoms with Crippen LogP contribution >= 0.6 is 0 Å². The highest BCUT2D eigenvalue weighted by molar-refractivity contribution is 7.63. The van der Waals surface area contributed by atoms with Crippen LogP contribution in [0.3, 0.4) is 0 Å². The van der Waals surface area contributed by atoms with Gasteiger partial charge >= 0.3 is 0 Å². The van der Waals surface area contributed by atoms with Crippen LogP contribution in [0.2, 0.25) is 0 Å². The predicted molar refractivity (Wildman–Crippen MR) is 63.3 cm³/mol. The highest BCUT2D eigenvalue weighted by Gasteiger charge is 2.19. The van der Waals surface area contributed by atoms with Crippen LogP contribution in [0.15, 0.2) is 21.2 Å². The zero-order chi connectivity index (χ0) is 10.3. The first kappa shape index (κ1) is 10.1. The molecule has 0 unspecified atom stereocenters. The largest absolute Gasteiger partial charge is 0.762 e. The summed E-state index contributed by atoms with van der Waals surface area (Å²) < 4.78 is 0. The van der Waals surface area contributed by atoms with E-state index in [9.17, 15) is 0 Å². The highest BCUT2D eigenvalue weighted by Crippen LogP contribution is 2.34. The van der Waals surface area contributed by atoms with Gasteiger partial charge in [-0.15, -0.1) is 10.1 Å². The van der Waals surface area contributed by atoms with Crippen LogP contribution in [-0.2, 0) is 25.3 Å². The van der Waals surface area contributed by atoms with Crippen molar-refractivity contribution in [2.45, 2.75) is 12.8 Å². The maximum Gasteiger partial charge on any atom is 0.0194 e. The average Bonchev–Trinajstić information content (AvgIpc) is 2.63. The molecule has 0 aromatic carbocycles. The van der Waals surface area contributed by atoms with Crippen molar-refractivity contribution in [2.75, 3.05) is 27.2 Å². The molecular weight excluding hydrogens is 212 g/mol. The number of rotatable bonds is 1. The van der Waals surface area contributed by atoms with E-state index < -0.39 is 0 Å². The summed E-state index contributed by atoms with van der Waals surface area (Å²) in [5.41, 5.74) is 2.63. The molecule has 2 nitrogen and oxygen atoms in total. The molecule has 0 aliphatic carbocycles. The predicted octanol–water partition coefficient (Wildman–Crippen LogP) is 1.17. The molecule has 0 atom stereocenters. The number of hydrogen-bond donors (Lipinski definition) is 0. The molecule has 0 spiro atoms. The highest BCUT2D eigenvalue weighted by atomic mass is 32.1. The minimum atomic E-state index is 0.998. The molecule has 78 valence electrons. The van der Waals surface area contributed by atoms with Gasteiger partial charge in [0.1, 0.15) is 0 Å². The van der Waals surface area contributed by atoms with Crippen molar-refractivity contribution < 1.29 is 0 Å². The van der Waals surface area contributed by atoms with E-state index in [0.717, 1.165) is 36.0 Å². The normalized spacial score (nSPS) is 23.0. The molecule has 0 saturated carbocycles. The lowest BCUT2D eigenvalue weighted by molar-refractivity contribution is 0.486. The average molecular weight is 226 g/mol. The lowest BCUT2D eigenvalue weighted by Crippen LogP contribution is -2.11. The van der Waals surface area contributed by atoms with E-state index in [-0.39, 0.29) is 0 Å². The lowest BCUT2D eigenvalue weighted by atomic mass is 10.1. The Labute approximate surface area is 96.5 Å². The monoisotopic (exact) mass is 226 g/mol. The zero-order valence-corrected chi connectivity index (χ0v) is 10.2. The van der Waals surface area contributed by atoms with Crippen LogP contribution < -0.4 is 0 Å². The Balaban J connectivity index is 2.33. The minimum Gasteiger partial charge on any atom is -0.762 e. The molecule has 2 aliphatic rings. The van der Waals surface area contributed by atoms with Crippen molar-refractivity contribution >= 4 is 25.3 Å². The third kappa shape index (κ3) is 1.46. The summed E-state index contributed by atoms with van der Waals surface area (Å²) in [5, 5.41) is 2.00.